The standard InChI is InChI=1S/C29H29F2N5.C2H2/c1-4-7-25(20-8-6-9-24(30)12-20)29-18(3)35-27(36-29)14-22-11-21(13-26(31)28(22)32)23-10-19(15-33-5-2)16-34-17-23;1-2/h4,6-13,16-17,33H,1,5,14-15,32H2,2-3H3,(H,35,36);1-2H/b25-7-;. The summed E-state index contributed by atoms with van der Waals surface area (Å²) < 4.78 is 28.7. The van der Waals surface area contributed by atoms with Crippen LogP contribution in [0.2, 0.25) is 0 Å². The van der Waals surface area contributed by atoms with Crippen molar-refractivity contribution in [2.45, 2.75) is 26.8 Å². The summed E-state index contributed by atoms with van der Waals surface area (Å²) >= 11 is 0. The number of nitrogens with two attached hydrogens (primary N) is 1. The minimum Gasteiger partial charge on any atom is -0.396 e. The maximum absolute atomic E-state index is 14.9. The van der Waals surface area contributed by atoms with E-state index < -0.39 is 5.82 Å². The third-order valence-corrected chi connectivity index (χ3v) is 5.89. The first-order valence-electron chi connectivity index (χ1n) is 12.1. The van der Waals surface area contributed by atoms with Gasteiger partial charge in [0.05, 0.1) is 11.4 Å². The van der Waals surface area contributed by atoms with Crippen molar-refractivity contribution in [3.63, 3.8) is 0 Å². The second-order valence-corrected chi connectivity index (χ2v) is 8.55. The normalized spacial score (nSPS) is 11.1. The first kappa shape index (κ1) is 28.0. The highest BCUT2D eigenvalue weighted by Gasteiger charge is 2.17. The number of nitrogen functional groups attached to an aromatic ring is 1. The number of allylic oxidation sites excluding steroid dienone is 2. The molecule has 0 saturated carbocycles. The number of anilines is 1. The molecule has 0 amide bonds. The summed E-state index contributed by atoms with van der Waals surface area (Å²) in [6.45, 7) is 9.24. The molecule has 2 aromatic heterocycles. The zero-order chi connectivity index (χ0) is 27.7. The number of nitrogens with zero attached hydrogens (tertiary/aromatic N) is 2. The van der Waals surface area contributed by atoms with Gasteiger partial charge in [-0.05, 0) is 66.1 Å². The van der Waals surface area contributed by atoms with Gasteiger partial charge in [-0.1, -0.05) is 37.8 Å². The van der Waals surface area contributed by atoms with Crippen LogP contribution >= 0.6 is 0 Å². The third-order valence-electron chi connectivity index (χ3n) is 5.89. The molecule has 0 radical (unpaired) electrons. The average Bonchev–Trinajstić information content (AvgIpc) is 3.29. The predicted molar refractivity (Wildman–Crippen MR) is 151 cm³/mol. The predicted octanol–water partition coefficient (Wildman–Crippen LogP) is 6.21. The highest BCUT2D eigenvalue weighted by Crippen LogP contribution is 2.30. The molecule has 0 spiro atoms. The number of hydrogen-bond acceptors (Lipinski definition) is 4. The maximum Gasteiger partial charge on any atom is 0.146 e. The van der Waals surface area contributed by atoms with Gasteiger partial charge in [0.25, 0.3) is 0 Å². The van der Waals surface area contributed by atoms with Gasteiger partial charge in [-0.3, -0.25) is 4.98 Å². The van der Waals surface area contributed by atoms with E-state index in [0.29, 0.717) is 41.2 Å². The summed E-state index contributed by atoms with van der Waals surface area (Å²) in [5, 5.41) is 3.27. The van der Waals surface area contributed by atoms with Crippen LogP contribution in [0.15, 0.2) is 73.6 Å². The summed E-state index contributed by atoms with van der Waals surface area (Å²) in [6, 6.07) is 11.6. The monoisotopic (exact) mass is 511 g/mol. The molecule has 4 aromatic rings. The lowest BCUT2D eigenvalue weighted by Crippen LogP contribution is -2.11. The highest BCUT2D eigenvalue weighted by atomic mass is 19.1. The molecule has 194 valence electrons. The van der Waals surface area contributed by atoms with E-state index in [-0.39, 0.29) is 11.5 Å². The van der Waals surface area contributed by atoms with Crippen molar-refractivity contribution in [1.82, 2.24) is 20.3 Å². The van der Waals surface area contributed by atoms with Crippen LogP contribution in [0.5, 0.6) is 0 Å². The molecular formula is C31H31F2N5. The van der Waals surface area contributed by atoms with Gasteiger partial charge in [0.1, 0.15) is 17.5 Å². The first-order valence-corrected chi connectivity index (χ1v) is 12.1. The zero-order valence-electron chi connectivity index (χ0n) is 21.6. The van der Waals surface area contributed by atoms with Gasteiger partial charge < -0.3 is 16.0 Å². The Labute approximate surface area is 222 Å². The molecule has 2 aromatic carbocycles. The highest BCUT2D eigenvalue weighted by molar-refractivity contribution is 5.80. The van der Waals surface area contributed by atoms with Crippen molar-refractivity contribution in [3.8, 4) is 24.0 Å². The number of aryl methyl sites for hydroxylation is 1. The number of aromatic nitrogens is 3. The topological polar surface area (TPSA) is 79.6 Å². The van der Waals surface area contributed by atoms with Crippen LogP contribution in [0.25, 0.3) is 16.7 Å². The lowest BCUT2D eigenvalue weighted by atomic mass is 9.99. The molecule has 38 heavy (non-hydrogen) atoms. The minimum atomic E-state index is -0.491. The Morgan fingerprint density at radius 1 is 1.13 bits per heavy atom. The smallest absolute Gasteiger partial charge is 0.146 e. The number of hydrogen-bond donors (Lipinski definition) is 3. The summed E-state index contributed by atoms with van der Waals surface area (Å²) in [7, 11) is 0. The van der Waals surface area contributed by atoms with Gasteiger partial charge in [-0.2, -0.15) is 0 Å². The van der Waals surface area contributed by atoms with Gasteiger partial charge >= 0.3 is 0 Å². The van der Waals surface area contributed by atoms with Crippen molar-refractivity contribution < 1.29 is 8.78 Å². The molecule has 0 aliphatic carbocycles. The second kappa shape index (κ2) is 13.1. The molecule has 7 heteroatoms. The molecule has 2 heterocycles. The van der Waals surface area contributed by atoms with Gasteiger partial charge in [0.2, 0.25) is 0 Å². The fourth-order valence-corrected chi connectivity index (χ4v) is 4.13. The van der Waals surface area contributed by atoms with E-state index in [0.717, 1.165) is 28.9 Å². The molecule has 0 saturated heterocycles. The summed E-state index contributed by atoms with van der Waals surface area (Å²) in [5.41, 5.74) is 12.2. The molecular weight excluding hydrogens is 480 g/mol. The lowest BCUT2D eigenvalue weighted by molar-refractivity contribution is 0.627. The largest absolute Gasteiger partial charge is 0.396 e. The van der Waals surface area contributed by atoms with E-state index in [2.05, 4.69) is 34.7 Å². The Morgan fingerprint density at radius 2 is 1.92 bits per heavy atom. The third kappa shape index (κ3) is 6.61. The zero-order valence-corrected chi connectivity index (χ0v) is 21.6. The van der Waals surface area contributed by atoms with E-state index in [1.807, 2.05) is 32.0 Å². The van der Waals surface area contributed by atoms with E-state index >= 15 is 0 Å². The van der Waals surface area contributed by atoms with Crippen LogP contribution in [0.4, 0.5) is 14.5 Å². The molecule has 4 N–H and O–H groups in total. The Kier molecular flexibility index (Phi) is 9.69. The molecule has 0 aliphatic rings. The number of aromatic amines is 1. The Morgan fingerprint density at radius 3 is 2.63 bits per heavy atom. The number of halogens is 2. The van der Waals surface area contributed by atoms with Crippen molar-refractivity contribution in [2.75, 3.05) is 12.3 Å². The average molecular weight is 512 g/mol. The minimum absolute atomic E-state index is 0.0816. The molecule has 0 unspecified atom stereocenters. The number of pyridine rings is 1. The fraction of sp³-hybridized carbons (Fsp3) is 0.161. The van der Waals surface area contributed by atoms with Crippen molar-refractivity contribution >= 4 is 11.3 Å². The summed E-state index contributed by atoms with van der Waals surface area (Å²) in [5.74, 6) is -0.203. The first-order chi connectivity index (χ1) is 18.4. The number of terminal acetylenes is 1. The number of nitrogens with one attached hydrogen (secondary N) is 2. The Bertz CT molecular complexity index is 1470. The number of imidazole rings is 1. The molecule has 5 nitrogen and oxygen atoms in total. The van der Waals surface area contributed by atoms with E-state index in [1.165, 1.54) is 18.2 Å². The van der Waals surface area contributed by atoms with Crippen LogP contribution in [-0.4, -0.2) is 21.5 Å². The van der Waals surface area contributed by atoms with Gasteiger partial charge in [-0.15, -0.1) is 12.8 Å². The fourth-order valence-electron chi connectivity index (χ4n) is 4.13. The SMILES string of the molecule is C#C.C=C/C=C(/c1cccc(F)c1)c1nc(Cc2cc(-c3cncc(CNCC)c3)cc(F)c2N)[nH]c1C. The van der Waals surface area contributed by atoms with Crippen LogP contribution in [-0.2, 0) is 13.0 Å². The second-order valence-electron chi connectivity index (χ2n) is 8.55. The summed E-state index contributed by atoms with van der Waals surface area (Å²) in [4.78, 5) is 12.3. The van der Waals surface area contributed by atoms with Crippen LogP contribution in [0.3, 0.4) is 0 Å². The number of rotatable bonds is 9. The molecule has 0 atom stereocenters. The van der Waals surface area contributed by atoms with Gasteiger partial charge in [0.15, 0.2) is 0 Å². The lowest BCUT2D eigenvalue weighted by Gasteiger charge is -2.11. The number of H-pyrrole nitrogens is 1. The maximum atomic E-state index is 14.9. The van der Waals surface area contributed by atoms with E-state index in [9.17, 15) is 8.78 Å². The van der Waals surface area contributed by atoms with Crippen molar-refractivity contribution in [2.24, 2.45) is 0 Å². The van der Waals surface area contributed by atoms with E-state index in [4.69, 9.17) is 10.7 Å². The van der Waals surface area contributed by atoms with Gasteiger partial charge in [-0.25, -0.2) is 13.8 Å². The van der Waals surface area contributed by atoms with Crippen LogP contribution < -0.4 is 11.1 Å². The van der Waals surface area contributed by atoms with Crippen molar-refractivity contribution in [1.29, 1.82) is 0 Å². The Balaban J connectivity index is 0.00000195. The molecule has 0 aliphatic heterocycles. The quantitative estimate of drug-likeness (QED) is 0.142. The Hall–Kier alpha value is -4.54. The molecule has 0 fully saturated rings. The van der Waals surface area contributed by atoms with Crippen molar-refractivity contribution in [3.05, 3.63) is 119 Å². The number of benzene rings is 2. The van der Waals surface area contributed by atoms with E-state index in [1.54, 1.807) is 30.6 Å². The van der Waals surface area contributed by atoms with Gasteiger partial charge in [0, 0.05) is 42.2 Å². The summed E-state index contributed by atoms with van der Waals surface area (Å²) in [6.07, 6.45) is 15.2. The van der Waals surface area contributed by atoms with Crippen LogP contribution in [0, 0.1) is 31.4 Å². The molecule has 4 rings (SSSR count). The van der Waals surface area contributed by atoms with Crippen LogP contribution in [0.1, 0.15) is 40.8 Å². The molecule has 0 bridgehead atoms.